The van der Waals surface area contributed by atoms with E-state index in [9.17, 15) is 4.79 Å². The van der Waals surface area contributed by atoms with E-state index in [0.717, 1.165) is 11.3 Å². The lowest BCUT2D eigenvalue weighted by atomic mass is 10.1. The molecule has 0 spiro atoms. The van der Waals surface area contributed by atoms with Gasteiger partial charge >= 0.3 is 0 Å². The first kappa shape index (κ1) is 20.3. The molecule has 1 aromatic heterocycles. The molecule has 0 aliphatic rings. The third-order valence-corrected chi connectivity index (χ3v) is 5.29. The van der Waals surface area contributed by atoms with Crippen LogP contribution >= 0.6 is 35.4 Å². The molecule has 1 amide bonds. The molecule has 0 bridgehead atoms. The first-order chi connectivity index (χ1) is 14.4. The van der Waals surface area contributed by atoms with Crippen LogP contribution in [0.4, 0.5) is 5.69 Å². The van der Waals surface area contributed by atoms with Crippen LogP contribution < -0.4 is 10.6 Å². The van der Waals surface area contributed by atoms with E-state index in [2.05, 4.69) is 20.8 Å². The highest BCUT2D eigenvalue weighted by atomic mass is 35.5. The van der Waals surface area contributed by atoms with Gasteiger partial charge in [-0.15, -0.1) is 10.2 Å². The number of nitrogens with one attached hydrogen (secondary N) is 2. The van der Waals surface area contributed by atoms with Gasteiger partial charge in [0.15, 0.2) is 5.11 Å². The van der Waals surface area contributed by atoms with Crippen LogP contribution in [0.25, 0.3) is 16.7 Å². The van der Waals surface area contributed by atoms with E-state index in [0.29, 0.717) is 32.3 Å². The summed E-state index contributed by atoms with van der Waals surface area (Å²) in [5.74, 6) is -0.373. The Morgan fingerprint density at radius 1 is 0.967 bits per heavy atom. The van der Waals surface area contributed by atoms with Crippen LogP contribution in [0.5, 0.6) is 0 Å². The maximum absolute atomic E-state index is 12.4. The molecular weight excluding hydrogens is 441 g/mol. The fourth-order valence-electron chi connectivity index (χ4n) is 2.77. The first-order valence-corrected chi connectivity index (χ1v) is 10.1. The van der Waals surface area contributed by atoms with Gasteiger partial charge < -0.3 is 5.32 Å². The second kappa shape index (κ2) is 8.39. The number of benzene rings is 3. The van der Waals surface area contributed by atoms with E-state index in [1.54, 1.807) is 30.3 Å². The van der Waals surface area contributed by atoms with Gasteiger partial charge in [0.1, 0.15) is 11.0 Å². The molecule has 0 radical (unpaired) electrons. The summed E-state index contributed by atoms with van der Waals surface area (Å²) in [5, 5.41) is 15.5. The highest BCUT2D eigenvalue weighted by molar-refractivity contribution is 7.80. The monoisotopic (exact) mass is 455 g/mol. The zero-order chi connectivity index (χ0) is 21.3. The van der Waals surface area contributed by atoms with Crippen LogP contribution in [-0.4, -0.2) is 26.0 Å². The van der Waals surface area contributed by atoms with E-state index >= 15 is 0 Å². The summed E-state index contributed by atoms with van der Waals surface area (Å²) in [5.41, 5.74) is 3.90. The third kappa shape index (κ3) is 4.28. The molecule has 2 N–H and O–H groups in total. The van der Waals surface area contributed by atoms with Crippen molar-refractivity contribution in [2.24, 2.45) is 0 Å². The predicted molar refractivity (Wildman–Crippen MR) is 124 cm³/mol. The van der Waals surface area contributed by atoms with Crippen molar-refractivity contribution >= 4 is 63.2 Å². The molecule has 0 unspecified atom stereocenters. The van der Waals surface area contributed by atoms with E-state index in [4.69, 9.17) is 35.4 Å². The van der Waals surface area contributed by atoms with Crippen molar-refractivity contribution in [1.29, 1.82) is 0 Å². The maximum atomic E-state index is 12.4. The topological polar surface area (TPSA) is 71.8 Å². The number of fused-ring (bicyclic) bond motifs is 1. The Morgan fingerprint density at radius 2 is 1.67 bits per heavy atom. The number of amides is 1. The van der Waals surface area contributed by atoms with Crippen molar-refractivity contribution in [1.82, 2.24) is 20.3 Å². The molecule has 6 nitrogen and oxygen atoms in total. The number of hydrogen-bond donors (Lipinski definition) is 2. The van der Waals surface area contributed by atoms with Gasteiger partial charge in [0, 0.05) is 10.6 Å². The number of carbonyl (C=O) groups excluding carboxylic acids is 1. The largest absolute Gasteiger partial charge is 0.331 e. The molecular formula is C21H15Cl2N5OS. The van der Waals surface area contributed by atoms with Gasteiger partial charge in [-0.25, -0.2) is 0 Å². The number of para-hydroxylation sites is 1. The van der Waals surface area contributed by atoms with Crippen LogP contribution in [0.3, 0.4) is 0 Å². The van der Waals surface area contributed by atoms with Gasteiger partial charge in [-0.2, -0.15) is 4.80 Å². The Hall–Kier alpha value is -3.00. The Kier molecular flexibility index (Phi) is 5.67. The third-order valence-electron chi connectivity index (χ3n) is 4.37. The van der Waals surface area contributed by atoms with Crippen molar-refractivity contribution in [2.75, 3.05) is 5.32 Å². The minimum absolute atomic E-state index is 0.105. The number of hydrogen-bond acceptors (Lipinski definition) is 4. The van der Waals surface area contributed by atoms with Gasteiger partial charge in [0.2, 0.25) is 0 Å². The zero-order valence-corrected chi connectivity index (χ0v) is 18.0. The van der Waals surface area contributed by atoms with Gasteiger partial charge in [0.25, 0.3) is 5.91 Å². The quantitative estimate of drug-likeness (QED) is 0.417. The number of nitrogens with zero attached hydrogens (tertiary/aromatic N) is 3. The number of carbonyl (C=O) groups is 1. The average molecular weight is 456 g/mol. The van der Waals surface area contributed by atoms with Crippen molar-refractivity contribution in [3.63, 3.8) is 0 Å². The second-order valence-electron chi connectivity index (χ2n) is 6.52. The molecule has 9 heteroatoms. The summed E-state index contributed by atoms with van der Waals surface area (Å²) in [6, 6.07) is 18.0. The molecule has 0 saturated carbocycles. The summed E-state index contributed by atoms with van der Waals surface area (Å²) in [7, 11) is 0. The number of halogens is 2. The van der Waals surface area contributed by atoms with Crippen molar-refractivity contribution in [3.05, 3.63) is 81.8 Å². The fourth-order valence-corrected chi connectivity index (χ4v) is 3.36. The summed E-state index contributed by atoms with van der Waals surface area (Å²) in [6.07, 6.45) is 0. The Balaban J connectivity index is 1.52. The van der Waals surface area contributed by atoms with E-state index in [1.165, 1.54) is 4.80 Å². The molecule has 1 heterocycles. The lowest BCUT2D eigenvalue weighted by Crippen LogP contribution is -2.34. The van der Waals surface area contributed by atoms with Crippen molar-refractivity contribution in [2.45, 2.75) is 6.92 Å². The molecule has 0 aliphatic heterocycles. The van der Waals surface area contributed by atoms with E-state index in [1.807, 2.05) is 37.3 Å². The highest BCUT2D eigenvalue weighted by Crippen LogP contribution is 2.27. The number of rotatable bonds is 3. The summed E-state index contributed by atoms with van der Waals surface area (Å²) >= 11 is 17.7. The van der Waals surface area contributed by atoms with Crippen LogP contribution in [0, 0.1) is 6.92 Å². The van der Waals surface area contributed by atoms with E-state index < -0.39 is 0 Å². The molecule has 4 aromatic rings. The molecule has 4 rings (SSSR count). The summed E-state index contributed by atoms with van der Waals surface area (Å²) in [6.45, 7) is 1.86. The summed E-state index contributed by atoms with van der Waals surface area (Å²) in [4.78, 5) is 13.9. The van der Waals surface area contributed by atoms with Crippen LogP contribution in [0.1, 0.15) is 15.9 Å². The molecule has 3 aromatic carbocycles. The molecule has 150 valence electrons. The standard InChI is InChI=1S/C21H15Cl2N5OS/c1-12-7-8-13(9-15(12)22)20(29)25-21(30)24-17-11-19-18(10-16(17)23)26-28(27-19)14-5-3-2-4-6-14/h2-11H,1H3,(H2,24,25,29,30). The van der Waals surface area contributed by atoms with Gasteiger partial charge in [-0.3, -0.25) is 10.1 Å². The molecule has 0 atom stereocenters. The highest BCUT2D eigenvalue weighted by Gasteiger charge is 2.13. The van der Waals surface area contributed by atoms with Crippen LogP contribution in [0.2, 0.25) is 10.0 Å². The second-order valence-corrected chi connectivity index (χ2v) is 7.74. The maximum Gasteiger partial charge on any atom is 0.257 e. The predicted octanol–water partition coefficient (Wildman–Crippen LogP) is 5.16. The van der Waals surface area contributed by atoms with Crippen LogP contribution in [-0.2, 0) is 0 Å². The van der Waals surface area contributed by atoms with Crippen molar-refractivity contribution < 1.29 is 4.79 Å². The Labute approximate surface area is 187 Å². The minimum Gasteiger partial charge on any atom is -0.331 e. The number of aromatic nitrogens is 3. The van der Waals surface area contributed by atoms with Crippen LogP contribution in [0.15, 0.2) is 60.7 Å². The lowest BCUT2D eigenvalue weighted by molar-refractivity contribution is 0.0977. The normalized spacial score (nSPS) is 10.8. The molecule has 30 heavy (non-hydrogen) atoms. The first-order valence-electron chi connectivity index (χ1n) is 8.91. The zero-order valence-electron chi connectivity index (χ0n) is 15.7. The molecule has 0 aliphatic carbocycles. The van der Waals surface area contributed by atoms with Gasteiger partial charge in [-0.1, -0.05) is 47.5 Å². The van der Waals surface area contributed by atoms with E-state index in [-0.39, 0.29) is 11.0 Å². The Bertz CT molecular complexity index is 1270. The molecule has 0 fully saturated rings. The summed E-state index contributed by atoms with van der Waals surface area (Å²) < 4.78 is 0. The Morgan fingerprint density at radius 3 is 2.37 bits per heavy atom. The van der Waals surface area contributed by atoms with Crippen molar-refractivity contribution in [3.8, 4) is 5.69 Å². The smallest absolute Gasteiger partial charge is 0.257 e. The van der Waals surface area contributed by atoms with Gasteiger partial charge in [0.05, 0.1) is 16.4 Å². The SMILES string of the molecule is Cc1ccc(C(=O)NC(=S)Nc2cc3nn(-c4ccccc4)nc3cc2Cl)cc1Cl. The molecule has 0 saturated heterocycles. The average Bonchev–Trinajstić information content (AvgIpc) is 3.13. The number of thiocarbonyl (C=S) groups is 1. The lowest BCUT2D eigenvalue weighted by Gasteiger charge is -2.11. The minimum atomic E-state index is -0.373. The fraction of sp³-hybridized carbons (Fsp3) is 0.0476. The number of aryl methyl sites for hydroxylation is 1. The van der Waals surface area contributed by atoms with Gasteiger partial charge in [-0.05, 0) is 61.1 Å². The number of anilines is 1.